The highest BCUT2D eigenvalue weighted by molar-refractivity contribution is 7.47. The van der Waals surface area contributed by atoms with Crippen LogP contribution in [0.15, 0.2) is 0 Å². The van der Waals surface area contributed by atoms with E-state index in [2.05, 4.69) is 48.5 Å². The van der Waals surface area contributed by atoms with Gasteiger partial charge >= 0.3 is 39.5 Å². The minimum absolute atomic E-state index is 0.105. The van der Waals surface area contributed by atoms with Crippen LogP contribution < -0.4 is 0 Å². The molecule has 6 atom stereocenters. The molecule has 0 heterocycles. The van der Waals surface area contributed by atoms with E-state index in [9.17, 15) is 43.2 Å². The van der Waals surface area contributed by atoms with Gasteiger partial charge in [-0.2, -0.15) is 0 Å². The molecule has 0 saturated carbocycles. The zero-order valence-corrected chi connectivity index (χ0v) is 67.5. The van der Waals surface area contributed by atoms with Gasteiger partial charge in [-0.25, -0.2) is 9.13 Å². The Labute approximate surface area is 613 Å². The number of unbranched alkanes of at least 4 members (excludes halogenated alkanes) is 46. The molecular weight excluding hydrogens is 1310 g/mol. The molecule has 0 amide bonds. The molecule has 0 saturated heterocycles. The number of ether oxygens (including phenoxy) is 4. The van der Waals surface area contributed by atoms with E-state index in [-0.39, 0.29) is 25.7 Å². The van der Waals surface area contributed by atoms with E-state index < -0.39 is 97.5 Å². The number of carbonyl (C=O) groups excluding carboxylic acids is 4. The van der Waals surface area contributed by atoms with Crippen molar-refractivity contribution in [2.75, 3.05) is 39.6 Å². The van der Waals surface area contributed by atoms with E-state index in [4.69, 9.17) is 37.0 Å². The lowest BCUT2D eigenvalue weighted by Gasteiger charge is -2.21. The van der Waals surface area contributed by atoms with Crippen LogP contribution in [0.25, 0.3) is 0 Å². The molecule has 0 aliphatic carbocycles. The second kappa shape index (κ2) is 71.3. The van der Waals surface area contributed by atoms with Crippen LogP contribution in [-0.4, -0.2) is 96.7 Å². The molecule has 100 heavy (non-hydrogen) atoms. The van der Waals surface area contributed by atoms with Gasteiger partial charge in [0.05, 0.1) is 26.4 Å². The lowest BCUT2D eigenvalue weighted by atomic mass is 9.99. The summed E-state index contributed by atoms with van der Waals surface area (Å²) < 4.78 is 68.5. The van der Waals surface area contributed by atoms with Crippen LogP contribution in [-0.2, 0) is 65.4 Å². The summed E-state index contributed by atoms with van der Waals surface area (Å²) in [5, 5.41) is 10.6. The topological polar surface area (TPSA) is 237 Å². The van der Waals surface area contributed by atoms with E-state index in [1.165, 1.54) is 218 Å². The average Bonchev–Trinajstić information content (AvgIpc) is 0.927. The summed E-state index contributed by atoms with van der Waals surface area (Å²) >= 11 is 0. The second-order valence-corrected chi connectivity index (χ2v) is 33.3. The molecule has 3 unspecified atom stereocenters. The van der Waals surface area contributed by atoms with E-state index in [0.717, 1.165) is 120 Å². The maximum absolute atomic E-state index is 13.1. The highest BCUT2D eigenvalue weighted by Crippen LogP contribution is 2.45. The maximum atomic E-state index is 13.1. The molecule has 0 bridgehead atoms. The molecule has 0 fully saturated rings. The molecule has 19 heteroatoms. The number of esters is 4. The van der Waals surface area contributed by atoms with E-state index in [1.54, 1.807) is 0 Å². The number of carbonyl (C=O) groups is 4. The van der Waals surface area contributed by atoms with Crippen LogP contribution in [0.5, 0.6) is 0 Å². The van der Waals surface area contributed by atoms with E-state index in [1.807, 2.05) is 0 Å². The number of rotatable bonds is 79. The van der Waals surface area contributed by atoms with Crippen molar-refractivity contribution in [1.82, 2.24) is 0 Å². The third-order valence-corrected chi connectivity index (χ3v) is 21.1. The first-order valence-electron chi connectivity index (χ1n) is 41.9. The van der Waals surface area contributed by atoms with E-state index >= 15 is 0 Å². The molecule has 0 aromatic heterocycles. The summed E-state index contributed by atoms with van der Waals surface area (Å²) in [4.78, 5) is 72.8. The number of hydrogen-bond acceptors (Lipinski definition) is 15. The third kappa shape index (κ3) is 73.0. The molecule has 0 rings (SSSR count). The van der Waals surface area contributed by atoms with Crippen molar-refractivity contribution >= 4 is 39.5 Å². The maximum Gasteiger partial charge on any atom is 0.472 e. The smallest absolute Gasteiger partial charge is 0.462 e. The average molecular weight is 1470 g/mol. The SMILES string of the molecule is CCCCCCCCCC(=O)OC[C@H](COP(=O)(O)OC[C@H](O)COP(=O)(O)OC[C@@H](COC(=O)CCCCCCCCCCCCCCCCCCC(C)C)OC(=O)CCCCCCCCCCCCCCCCCCCCC(C)CC)OC(=O)CCCCCCCCCCCC(C)C. The van der Waals surface area contributed by atoms with Gasteiger partial charge in [0, 0.05) is 25.7 Å². The van der Waals surface area contributed by atoms with Crippen LogP contribution in [0.2, 0.25) is 0 Å². The molecular formula is C81H158O17P2. The van der Waals surface area contributed by atoms with Crippen molar-refractivity contribution in [3.8, 4) is 0 Å². The number of phosphoric acid groups is 2. The molecule has 594 valence electrons. The van der Waals surface area contributed by atoms with Crippen molar-refractivity contribution in [2.24, 2.45) is 17.8 Å². The Morgan fingerprint density at radius 2 is 0.510 bits per heavy atom. The van der Waals surface area contributed by atoms with Gasteiger partial charge in [0.1, 0.15) is 19.3 Å². The molecule has 0 aliphatic heterocycles. The Morgan fingerprint density at radius 1 is 0.290 bits per heavy atom. The first-order valence-corrected chi connectivity index (χ1v) is 44.9. The van der Waals surface area contributed by atoms with Gasteiger partial charge in [-0.1, -0.05) is 370 Å². The number of phosphoric ester groups is 2. The monoisotopic (exact) mass is 1470 g/mol. The lowest BCUT2D eigenvalue weighted by molar-refractivity contribution is -0.161. The highest BCUT2D eigenvalue weighted by atomic mass is 31.2. The quantitative estimate of drug-likeness (QED) is 0.0222. The Kier molecular flexibility index (Phi) is 69.9. The van der Waals surface area contributed by atoms with Gasteiger partial charge in [-0.05, 0) is 43.4 Å². The standard InChI is InChI=1S/C81H158O17P2/c1-8-10-11-12-38-48-55-62-78(83)91-68-76(97-81(86)65-58-51-44-37-31-33-40-46-53-60-73(5)6)70-95-99(87,88)93-66-75(82)67-94-100(89,90)96-71-77(69-92-79(84)63-56-49-42-35-29-25-21-18-17-19-23-27-32-39-45-52-59-72(3)4)98-80(85)64-57-50-43-36-30-26-22-16-14-13-15-20-24-28-34-41-47-54-61-74(7)9-2/h72-77,82H,8-71H2,1-7H3,(H,87,88)(H,89,90)/t74?,75-,76+,77+/m0/s1. The molecule has 0 aromatic carbocycles. The molecule has 0 spiro atoms. The van der Waals surface area contributed by atoms with Crippen LogP contribution in [0.4, 0.5) is 0 Å². The normalized spacial score (nSPS) is 14.2. The van der Waals surface area contributed by atoms with Gasteiger partial charge in [0.15, 0.2) is 12.2 Å². The van der Waals surface area contributed by atoms with Crippen LogP contribution in [0, 0.1) is 17.8 Å². The molecule has 17 nitrogen and oxygen atoms in total. The van der Waals surface area contributed by atoms with Crippen molar-refractivity contribution in [2.45, 2.75) is 439 Å². The van der Waals surface area contributed by atoms with Crippen molar-refractivity contribution < 1.29 is 80.2 Å². The minimum Gasteiger partial charge on any atom is -0.462 e. The Balaban J connectivity index is 5.16. The summed E-state index contributed by atoms with van der Waals surface area (Å²) in [6, 6.07) is 0. The fourth-order valence-electron chi connectivity index (χ4n) is 12.5. The summed E-state index contributed by atoms with van der Waals surface area (Å²) in [7, 11) is -9.91. The Morgan fingerprint density at radius 3 is 0.760 bits per heavy atom. The van der Waals surface area contributed by atoms with Crippen LogP contribution in [0.1, 0.15) is 421 Å². The summed E-state index contributed by atoms with van der Waals surface area (Å²) in [6.45, 7) is 12.0. The van der Waals surface area contributed by atoms with E-state index in [0.29, 0.717) is 25.7 Å². The largest absolute Gasteiger partial charge is 0.472 e. The Hall–Kier alpha value is -1.94. The summed E-state index contributed by atoms with van der Waals surface area (Å²) in [5.41, 5.74) is 0. The molecule has 0 aromatic rings. The van der Waals surface area contributed by atoms with Gasteiger partial charge in [-0.3, -0.25) is 37.3 Å². The van der Waals surface area contributed by atoms with Crippen LogP contribution in [0.3, 0.4) is 0 Å². The second-order valence-electron chi connectivity index (χ2n) is 30.4. The number of hydrogen-bond donors (Lipinski definition) is 3. The minimum atomic E-state index is -4.96. The molecule has 0 aliphatic rings. The number of aliphatic hydroxyl groups excluding tert-OH is 1. The fraction of sp³-hybridized carbons (Fsp3) is 0.951. The van der Waals surface area contributed by atoms with Crippen molar-refractivity contribution in [3.05, 3.63) is 0 Å². The number of aliphatic hydroxyl groups is 1. The first kappa shape index (κ1) is 98.1. The predicted octanol–water partition coefficient (Wildman–Crippen LogP) is 24.1. The van der Waals surface area contributed by atoms with Gasteiger partial charge in [0.25, 0.3) is 0 Å². The zero-order valence-electron chi connectivity index (χ0n) is 65.7. The van der Waals surface area contributed by atoms with Gasteiger partial charge in [-0.15, -0.1) is 0 Å². The van der Waals surface area contributed by atoms with Crippen molar-refractivity contribution in [1.29, 1.82) is 0 Å². The molecule has 3 N–H and O–H groups in total. The van der Waals surface area contributed by atoms with Crippen LogP contribution >= 0.6 is 15.6 Å². The van der Waals surface area contributed by atoms with Gasteiger partial charge in [0.2, 0.25) is 0 Å². The van der Waals surface area contributed by atoms with Crippen molar-refractivity contribution in [3.63, 3.8) is 0 Å². The fourth-order valence-corrected chi connectivity index (χ4v) is 14.0. The predicted molar refractivity (Wildman–Crippen MR) is 409 cm³/mol. The Bertz CT molecular complexity index is 1940. The molecule has 0 radical (unpaired) electrons. The summed E-state index contributed by atoms with van der Waals surface area (Å²) in [6.07, 6.45) is 59.9. The first-order chi connectivity index (χ1) is 48.3. The summed E-state index contributed by atoms with van der Waals surface area (Å²) in [5.74, 6) is 0.303. The zero-order chi connectivity index (χ0) is 73.7. The third-order valence-electron chi connectivity index (χ3n) is 19.2. The lowest BCUT2D eigenvalue weighted by Crippen LogP contribution is -2.30. The highest BCUT2D eigenvalue weighted by Gasteiger charge is 2.30. The van der Waals surface area contributed by atoms with Gasteiger partial charge < -0.3 is 33.8 Å².